The van der Waals surface area contributed by atoms with E-state index >= 15 is 0 Å². The van der Waals surface area contributed by atoms with E-state index < -0.39 is 15.7 Å². The minimum Gasteiger partial charge on any atom is -0.370 e. The third-order valence-corrected chi connectivity index (χ3v) is 4.44. The number of sulfone groups is 1. The van der Waals surface area contributed by atoms with Gasteiger partial charge >= 0.3 is 0 Å². The van der Waals surface area contributed by atoms with Crippen molar-refractivity contribution in [2.75, 3.05) is 6.26 Å². The van der Waals surface area contributed by atoms with Crippen molar-refractivity contribution in [3.8, 4) is 0 Å². The summed E-state index contributed by atoms with van der Waals surface area (Å²) in [6.07, 6.45) is 3.48. The minimum absolute atomic E-state index is 0.0921. The van der Waals surface area contributed by atoms with E-state index in [0.29, 0.717) is 17.5 Å². The van der Waals surface area contributed by atoms with Crippen molar-refractivity contribution in [3.63, 3.8) is 0 Å². The van der Waals surface area contributed by atoms with Crippen LogP contribution in [0.2, 0.25) is 0 Å². The number of hydrogen-bond acceptors (Lipinski definition) is 3. The Morgan fingerprint density at radius 3 is 2.27 bits per heavy atom. The SMILES string of the molecule is CC=C(C)c1cc(CC)c(C(=O)N=C(N)N)cc1S(C)(=O)=O. The molecule has 0 saturated heterocycles. The zero-order valence-corrected chi connectivity index (χ0v) is 14.0. The fraction of sp³-hybridized carbons (Fsp3) is 0.333. The summed E-state index contributed by atoms with van der Waals surface area (Å²) in [5.74, 6) is -1.01. The van der Waals surface area contributed by atoms with E-state index in [9.17, 15) is 13.2 Å². The standard InChI is InChI=1S/C15H21N3O3S/c1-5-9(3)11-7-10(6-2)12(14(19)18-15(16)17)8-13(11)22(4,20)21/h5,7-8H,6H2,1-4H3,(H4,16,17,18,19). The lowest BCUT2D eigenvalue weighted by Gasteiger charge is -2.14. The average molecular weight is 323 g/mol. The number of amides is 1. The molecule has 0 spiro atoms. The van der Waals surface area contributed by atoms with Crippen molar-refractivity contribution in [1.29, 1.82) is 0 Å². The minimum atomic E-state index is -3.50. The highest BCUT2D eigenvalue weighted by atomic mass is 32.2. The largest absolute Gasteiger partial charge is 0.370 e. The molecule has 0 aromatic heterocycles. The highest BCUT2D eigenvalue weighted by Gasteiger charge is 2.20. The molecule has 0 heterocycles. The number of nitrogens with two attached hydrogens (primary N) is 2. The number of benzene rings is 1. The summed E-state index contributed by atoms with van der Waals surface area (Å²) >= 11 is 0. The maximum atomic E-state index is 12.1. The average Bonchev–Trinajstić information content (AvgIpc) is 2.43. The number of allylic oxidation sites excluding steroid dienone is 2. The molecule has 1 amide bonds. The molecular formula is C15H21N3O3S. The smallest absolute Gasteiger partial charge is 0.280 e. The van der Waals surface area contributed by atoms with Gasteiger partial charge in [-0.2, -0.15) is 4.99 Å². The Morgan fingerprint density at radius 1 is 1.27 bits per heavy atom. The van der Waals surface area contributed by atoms with Gasteiger partial charge in [0.1, 0.15) is 0 Å². The molecule has 22 heavy (non-hydrogen) atoms. The van der Waals surface area contributed by atoms with E-state index in [-0.39, 0.29) is 16.4 Å². The van der Waals surface area contributed by atoms with E-state index in [2.05, 4.69) is 4.99 Å². The molecule has 0 radical (unpaired) electrons. The fourth-order valence-corrected chi connectivity index (χ4v) is 3.02. The number of guanidine groups is 1. The van der Waals surface area contributed by atoms with Crippen LogP contribution in [0.25, 0.3) is 5.57 Å². The van der Waals surface area contributed by atoms with Crippen molar-refractivity contribution in [1.82, 2.24) is 0 Å². The third kappa shape index (κ3) is 3.94. The molecule has 0 aliphatic carbocycles. The molecule has 0 atom stereocenters. The lowest BCUT2D eigenvalue weighted by atomic mass is 9.97. The third-order valence-electron chi connectivity index (χ3n) is 3.30. The maximum Gasteiger partial charge on any atom is 0.280 e. The molecule has 0 bridgehead atoms. The van der Waals surface area contributed by atoms with Gasteiger partial charge in [0.25, 0.3) is 5.91 Å². The first-order valence-corrected chi connectivity index (χ1v) is 8.65. The van der Waals surface area contributed by atoms with Gasteiger partial charge in [-0.3, -0.25) is 4.79 Å². The first kappa shape index (κ1) is 17.9. The van der Waals surface area contributed by atoms with Crippen LogP contribution in [0.3, 0.4) is 0 Å². The number of carbonyl (C=O) groups is 1. The highest BCUT2D eigenvalue weighted by molar-refractivity contribution is 7.90. The van der Waals surface area contributed by atoms with E-state index in [4.69, 9.17) is 11.5 Å². The van der Waals surface area contributed by atoms with Crippen molar-refractivity contribution in [2.45, 2.75) is 32.1 Å². The Morgan fingerprint density at radius 2 is 1.86 bits per heavy atom. The molecule has 0 unspecified atom stereocenters. The second-order valence-electron chi connectivity index (χ2n) is 4.94. The number of rotatable bonds is 4. The molecule has 4 N–H and O–H groups in total. The highest BCUT2D eigenvalue weighted by Crippen LogP contribution is 2.28. The summed E-state index contributed by atoms with van der Waals surface area (Å²) in [6.45, 7) is 5.52. The van der Waals surface area contributed by atoms with Gasteiger partial charge < -0.3 is 11.5 Å². The van der Waals surface area contributed by atoms with Crippen LogP contribution in [0.5, 0.6) is 0 Å². The van der Waals surface area contributed by atoms with Crippen molar-refractivity contribution in [2.24, 2.45) is 16.5 Å². The molecule has 6 nitrogen and oxygen atoms in total. The second kappa shape index (κ2) is 6.74. The van der Waals surface area contributed by atoms with E-state index in [1.54, 1.807) is 6.07 Å². The molecule has 0 aliphatic heterocycles. The van der Waals surface area contributed by atoms with E-state index in [1.807, 2.05) is 26.8 Å². The topological polar surface area (TPSA) is 116 Å². The number of hydrogen-bond donors (Lipinski definition) is 2. The summed E-state index contributed by atoms with van der Waals surface area (Å²) in [6, 6.07) is 3.06. The zero-order valence-electron chi connectivity index (χ0n) is 13.2. The van der Waals surface area contributed by atoms with Crippen molar-refractivity contribution >= 4 is 27.3 Å². The number of nitrogens with zero attached hydrogens (tertiary/aromatic N) is 1. The monoisotopic (exact) mass is 323 g/mol. The summed E-state index contributed by atoms with van der Waals surface area (Å²) in [4.78, 5) is 15.7. The van der Waals surface area contributed by atoms with Crippen LogP contribution in [0.4, 0.5) is 0 Å². The van der Waals surface area contributed by atoms with Gasteiger partial charge in [0, 0.05) is 11.8 Å². The fourth-order valence-electron chi connectivity index (χ4n) is 2.06. The quantitative estimate of drug-likeness (QED) is 0.643. The van der Waals surface area contributed by atoms with Gasteiger partial charge in [-0.25, -0.2) is 8.42 Å². The molecule has 1 aromatic rings. The molecule has 0 fully saturated rings. The van der Waals surface area contributed by atoms with Gasteiger partial charge in [0.15, 0.2) is 15.8 Å². The first-order valence-electron chi connectivity index (χ1n) is 6.76. The van der Waals surface area contributed by atoms with Crippen LogP contribution >= 0.6 is 0 Å². The Bertz CT molecular complexity index is 758. The molecule has 0 aliphatic rings. The lowest BCUT2D eigenvalue weighted by molar-refractivity contribution is 0.100. The number of aliphatic imine (C=N–C) groups is 1. The molecule has 7 heteroatoms. The Balaban J connectivity index is 3.76. The summed E-state index contributed by atoms with van der Waals surface area (Å²) in [7, 11) is -3.50. The van der Waals surface area contributed by atoms with Gasteiger partial charge in [-0.15, -0.1) is 0 Å². The second-order valence-corrected chi connectivity index (χ2v) is 6.93. The van der Waals surface area contributed by atoms with Crippen LogP contribution in [0, 0.1) is 0 Å². The lowest BCUT2D eigenvalue weighted by Crippen LogP contribution is -2.24. The Labute approximate surface area is 130 Å². The van der Waals surface area contributed by atoms with E-state index in [1.165, 1.54) is 6.07 Å². The predicted octanol–water partition coefficient (Wildman–Crippen LogP) is 1.49. The summed E-state index contributed by atoms with van der Waals surface area (Å²) < 4.78 is 24.1. The molecule has 1 aromatic carbocycles. The van der Waals surface area contributed by atoms with Crippen molar-refractivity contribution in [3.05, 3.63) is 34.9 Å². The number of carbonyl (C=O) groups excluding carboxylic acids is 1. The van der Waals surface area contributed by atoms with E-state index in [0.717, 1.165) is 11.8 Å². The van der Waals surface area contributed by atoms with Crippen LogP contribution in [-0.4, -0.2) is 26.5 Å². The Kier molecular flexibility index (Phi) is 5.48. The summed E-state index contributed by atoms with van der Waals surface area (Å²) in [5.41, 5.74) is 12.7. The van der Waals surface area contributed by atoms with Crippen LogP contribution < -0.4 is 11.5 Å². The first-order chi connectivity index (χ1) is 10.1. The van der Waals surface area contributed by atoms with Crippen LogP contribution in [0.15, 0.2) is 28.1 Å². The molecular weight excluding hydrogens is 302 g/mol. The summed E-state index contributed by atoms with van der Waals surface area (Å²) in [5, 5.41) is 0. The molecule has 120 valence electrons. The Hall–Kier alpha value is -2.15. The number of aryl methyl sites for hydroxylation is 1. The van der Waals surface area contributed by atoms with Gasteiger partial charge in [0.2, 0.25) is 0 Å². The van der Waals surface area contributed by atoms with Crippen LogP contribution in [-0.2, 0) is 16.3 Å². The normalized spacial score (nSPS) is 12.1. The zero-order chi connectivity index (χ0) is 17.1. The van der Waals surface area contributed by atoms with Crippen LogP contribution in [0.1, 0.15) is 42.3 Å². The molecule has 0 saturated carbocycles. The predicted molar refractivity (Wildman–Crippen MR) is 88.4 cm³/mol. The van der Waals surface area contributed by atoms with Gasteiger partial charge in [0.05, 0.1) is 4.90 Å². The maximum absolute atomic E-state index is 12.1. The molecule has 1 rings (SSSR count). The van der Waals surface area contributed by atoms with Gasteiger partial charge in [-0.1, -0.05) is 13.0 Å². The van der Waals surface area contributed by atoms with Crippen molar-refractivity contribution < 1.29 is 13.2 Å². The van der Waals surface area contributed by atoms with Gasteiger partial charge in [-0.05, 0) is 49.1 Å².